The van der Waals surface area contributed by atoms with Crippen LogP contribution in [0.25, 0.3) is 0 Å². The second-order valence-corrected chi connectivity index (χ2v) is 4.13. The van der Waals surface area contributed by atoms with E-state index in [1.165, 1.54) is 13.3 Å². The molecule has 0 saturated heterocycles. The number of tetrazole rings is 1. The normalized spacial score (nSPS) is 11.0. The van der Waals surface area contributed by atoms with Crippen LogP contribution in [0.4, 0.5) is 5.95 Å². The average molecular weight is 313 g/mol. The molecule has 0 amide bonds. The summed E-state index contributed by atoms with van der Waals surface area (Å²) in [4.78, 5) is 1.03. The van der Waals surface area contributed by atoms with Crippen LogP contribution in [0, 0.1) is 0 Å². The Morgan fingerprint density at radius 3 is 2.94 bits per heavy atom. The molecule has 94 valence electrons. The number of halogens is 1. The molecule has 0 spiro atoms. The fourth-order valence-corrected chi connectivity index (χ4v) is 1.69. The van der Waals surface area contributed by atoms with Gasteiger partial charge in [0.15, 0.2) is 11.5 Å². The molecule has 1 aromatic carbocycles. The van der Waals surface area contributed by atoms with Gasteiger partial charge in [0, 0.05) is 10.0 Å². The van der Waals surface area contributed by atoms with E-state index in [1.807, 2.05) is 0 Å². The van der Waals surface area contributed by atoms with Gasteiger partial charge in [-0.1, -0.05) is 25.8 Å². The number of nitrogens with zero attached hydrogens (tertiary/aromatic N) is 5. The van der Waals surface area contributed by atoms with Crippen molar-refractivity contribution < 1.29 is 9.84 Å². The van der Waals surface area contributed by atoms with Crippen molar-refractivity contribution in [2.24, 2.45) is 5.10 Å². The Labute approximate surface area is 110 Å². The van der Waals surface area contributed by atoms with Crippen LogP contribution in [0.2, 0.25) is 0 Å². The Bertz CT molecular complexity index is 597. The summed E-state index contributed by atoms with van der Waals surface area (Å²) >= 11 is 3.30. The first-order valence-corrected chi connectivity index (χ1v) is 5.56. The second-order valence-electron chi connectivity index (χ2n) is 3.22. The third kappa shape index (κ3) is 2.40. The van der Waals surface area contributed by atoms with Crippen LogP contribution >= 0.6 is 15.9 Å². The summed E-state index contributed by atoms with van der Waals surface area (Å²) in [7, 11) is 1.46. The lowest BCUT2D eigenvalue weighted by Crippen LogP contribution is -2.00. The lowest BCUT2D eigenvalue weighted by Gasteiger charge is -2.06. The van der Waals surface area contributed by atoms with Crippen molar-refractivity contribution in [3.63, 3.8) is 0 Å². The van der Waals surface area contributed by atoms with Gasteiger partial charge in [-0.2, -0.15) is 5.10 Å². The highest BCUT2D eigenvalue weighted by molar-refractivity contribution is 9.10. The van der Waals surface area contributed by atoms with Crippen molar-refractivity contribution in [1.29, 1.82) is 0 Å². The highest BCUT2D eigenvalue weighted by atomic mass is 79.9. The van der Waals surface area contributed by atoms with E-state index in [0.29, 0.717) is 11.3 Å². The molecule has 8 nitrogen and oxygen atoms in total. The largest absolute Gasteiger partial charge is 0.504 e. The molecule has 0 radical (unpaired) electrons. The second kappa shape index (κ2) is 5.00. The van der Waals surface area contributed by atoms with Gasteiger partial charge in [-0.05, 0) is 22.6 Å². The molecule has 2 rings (SSSR count). The van der Waals surface area contributed by atoms with Crippen molar-refractivity contribution >= 4 is 28.1 Å². The maximum absolute atomic E-state index is 9.88. The maximum atomic E-state index is 9.88. The Morgan fingerprint density at radius 2 is 2.33 bits per heavy atom. The summed E-state index contributed by atoms with van der Waals surface area (Å²) in [5, 5.41) is 24.1. The van der Waals surface area contributed by atoms with Gasteiger partial charge in [0.25, 0.3) is 5.95 Å². The van der Waals surface area contributed by atoms with Gasteiger partial charge < -0.3 is 15.6 Å². The predicted molar refractivity (Wildman–Crippen MR) is 67.6 cm³/mol. The summed E-state index contributed by atoms with van der Waals surface area (Å²) in [5.74, 6) is 0.347. The number of aromatic hydroxyl groups is 1. The lowest BCUT2D eigenvalue weighted by molar-refractivity contribution is 0.373. The number of hydrogen-bond donors (Lipinski definition) is 2. The number of anilines is 1. The molecule has 9 heteroatoms. The standard InChI is InChI=1S/C9H9BrN6O2/c1-18-7-3-6(10)2-5(8(7)17)4-12-16-9(11)13-14-15-16/h2-4,17H,1H3,(H2,11,13,15). The van der Waals surface area contributed by atoms with Crippen molar-refractivity contribution in [3.8, 4) is 11.5 Å². The highest BCUT2D eigenvalue weighted by Gasteiger charge is 2.08. The average Bonchev–Trinajstić information content (AvgIpc) is 2.75. The zero-order valence-electron chi connectivity index (χ0n) is 9.28. The topological polar surface area (TPSA) is 111 Å². The molecule has 0 bridgehead atoms. The number of hydrogen-bond acceptors (Lipinski definition) is 7. The third-order valence-electron chi connectivity index (χ3n) is 2.07. The molecule has 0 saturated carbocycles. The van der Waals surface area contributed by atoms with Crippen LogP contribution in [-0.4, -0.2) is 38.7 Å². The van der Waals surface area contributed by atoms with E-state index in [1.54, 1.807) is 12.1 Å². The number of aromatic nitrogens is 4. The molecule has 0 aliphatic heterocycles. The number of ether oxygens (including phenoxy) is 1. The fourth-order valence-electron chi connectivity index (χ4n) is 1.24. The minimum Gasteiger partial charge on any atom is -0.504 e. The fraction of sp³-hybridized carbons (Fsp3) is 0.111. The van der Waals surface area contributed by atoms with Gasteiger partial charge in [0.05, 0.1) is 13.3 Å². The van der Waals surface area contributed by atoms with E-state index in [-0.39, 0.29) is 11.7 Å². The van der Waals surface area contributed by atoms with Crippen LogP contribution in [0.1, 0.15) is 5.56 Å². The van der Waals surface area contributed by atoms with Gasteiger partial charge in [-0.3, -0.25) is 0 Å². The number of benzene rings is 1. The monoisotopic (exact) mass is 312 g/mol. The summed E-state index contributed by atoms with van der Waals surface area (Å²) in [5.41, 5.74) is 5.89. The van der Waals surface area contributed by atoms with E-state index in [4.69, 9.17) is 10.5 Å². The number of phenolic OH excluding ortho intramolecular Hbond substituents is 1. The van der Waals surface area contributed by atoms with Crippen LogP contribution in [0.3, 0.4) is 0 Å². The van der Waals surface area contributed by atoms with E-state index >= 15 is 0 Å². The van der Waals surface area contributed by atoms with E-state index in [0.717, 1.165) is 9.26 Å². The Hall–Kier alpha value is -2.16. The molecule has 3 N–H and O–H groups in total. The van der Waals surface area contributed by atoms with Crippen molar-refractivity contribution in [2.45, 2.75) is 0 Å². The molecule has 1 heterocycles. The minimum absolute atomic E-state index is 0.0314. The van der Waals surface area contributed by atoms with Gasteiger partial charge in [-0.25, -0.2) is 0 Å². The van der Waals surface area contributed by atoms with Crippen molar-refractivity contribution in [3.05, 3.63) is 22.2 Å². The molecule has 0 fully saturated rings. The first-order chi connectivity index (χ1) is 8.61. The zero-order chi connectivity index (χ0) is 13.1. The van der Waals surface area contributed by atoms with Crippen LogP contribution < -0.4 is 10.5 Å². The Kier molecular flexibility index (Phi) is 3.42. The van der Waals surface area contributed by atoms with Crippen LogP contribution in [-0.2, 0) is 0 Å². The summed E-state index contributed by atoms with van der Waals surface area (Å²) in [6.45, 7) is 0. The van der Waals surface area contributed by atoms with Gasteiger partial charge in [0.2, 0.25) is 0 Å². The Balaban J connectivity index is 2.37. The van der Waals surface area contributed by atoms with E-state index < -0.39 is 0 Å². The predicted octanol–water partition coefficient (Wildman–Crippen LogP) is 0.614. The van der Waals surface area contributed by atoms with Gasteiger partial charge in [0.1, 0.15) is 0 Å². The molecule has 18 heavy (non-hydrogen) atoms. The maximum Gasteiger partial charge on any atom is 0.263 e. The smallest absolute Gasteiger partial charge is 0.263 e. The first-order valence-electron chi connectivity index (χ1n) is 4.76. The number of nitrogens with two attached hydrogens (primary N) is 1. The number of rotatable bonds is 3. The SMILES string of the molecule is COc1cc(Br)cc(C=Nn2nnnc2N)c1O. The molecule has 2 aromatic rings. The van der Waals surface area contributed by atoms with Crippen molar-refractivity contribution in [1.82, 2.24) is 20.3 Å². The van der Waals surface area contributed by atoms with E-state index in [9.17, 15) is 5.11 Å². The molecular weight excluding hydrogens is 304 g/mol. The van der Waals surface area contributed by atoms with Crippen molar-refractivity contribution in [2.75, 3.05) is 12.8 Å². The minimum atomic E-state index is -0.0314. The summed E-state index contributed by atoms with van der Waals surface area (Å²) < 4.78 is 5.75. The van der Waals surface area contributed by atoms with Gasteiger partial charge >= 0.3 is 0 Å². The lowest BCUT2D eigenvalue weighted by atomic mass is 10.2. The molecule has 0 aliphatic rings. The number of nitrogen functional groups attached to an aromatic ring is 1. The van der Waals surface area contributed by atoms with Gasteiger partial charge in [-0.15, -0.1) is 0 Å². The van der Waals surface area contributed by atoms with E-state index in [2.05, 4.69) is 36.6 Å². The molecule has 0 unspecified atom stereocenters. The zero-order valence-corrected chi connectivity index (χ0v) is 10.9. The quantitative estimate of drug-likeness (QED) is 0.803. The molecule has 0 aliphatic carbocycles. The van der Waals surface area contributed by atoms with Crippen LogP contribution in [0.15, 0.2) is 21.7 Å². The number of phenols is 1. The third-order valence-corrected chi connectivity index (χ3v) is 2.53. The Morgan fingerprint density at radius 1 is 1.56 bits per heavy atom. The first kappa shape index (κ1) is 12.3. The summed E-state index contributed by atoms with van der Waals surface area (Å²) in [6, 6.07) is 3.31. The molecule has 1 aromatic heterocycles. The van der Waals surface area contributed by atoms with Crippen LogP contribution in [0.5, 0.6) is 11.5 Å². The summed E-state index contributed by atoms with van der Waals surface area (Å²) in [6.07, 6.45) is 1.37. The highest BCUT2D eigenvalue weighted by Crippen LogP contribution is 2.32. The number of methoxy groups -OCH3 is 1. The molecular formula is C9H9BrN6O2. The molecule has 0 atom stereocenters.